The van der Waals surface area contributed by atoms with Gasteiger partial charge in [-0.3, -0.25) is 4.98 Å². The highest BCUT2D eigenvalue weighted by Crippen LogP contribution is 2.36. The van der Waals surface area contributed by atoms with E-state index in [1.807, 2.05) is 13.1 Å². The average molecular weight is 204 g/mol. The summed E-state index contributed by atoms with van der Waals surface area (Å²) >= 11 is 0. The summed E-state index contributed by atoms with van der Waals surface area (Å²) in [4.78, 5) is 4.34. The number of aromatic nitrogens is 1. The molecule has 15 heavy (non-hydrogen) atoms. The van der Waals surface area contributed by atoms with Crippen molar-refractivity contribution in [2.45, 2.75) is 51.5 Å². The smallest absolute Gasteiger partial charge is 0.0375 e. The molecule has 1 aromatic heterocycles. The second kappa shape index (κ2) is 3.93. The van der Waals surface area contributed by atoms with Gasteiger partial charge in [0.2, 0.25) is 0 Å². The van der Waals surface area contributed by atoms with Crippen molar-refractivity contribution in [3.63, 3.8) is 0 Å². The van der Waals surface area contributed by atoms with Crippen LogP contribution in [0.5, 0.6) is 0 Å². The summed E-state index contributed by atoms with van der Waals surface area (Å²) < 4.78 is 0. The Hall–Kier alpha value is -0.890. The Morgan fingerprint density at radius 2 is 2.13 bits per heavy atom. The van der Waals surface area contributed by atoms with Crippen molar-refractivity contribution >= 4 is 0 Å². The van der Waals surface area contributed by atoms with Crippen molar-refractivity contribution in [3.8, 4) is 0 Å². The molecule has 1 aliphatic rings. The highest BCUT2D eigenvalue weighted by atomic mass is 14.8. The zero-order chi connectivity index (χ0) is 10.9. The second-order valence-corrected chi connectivity index (χ2v) is 4.97. The van der Waals surface area contributed by atoms with Gasteiger partial charge in [0, 0.05) is 17.4 Å². The standard InChI is InChI=1S/C13H20N2/c1-10-8-11(2)15-9-12(10)4-3-5-13(14)6-7-13/h8-9H,3-7,14H2,1-2H3. The van der Waals surface area contributed by atoms with E-state index in [9.17, 15) is 0 Å². The third-order valence-electron chi connectivity index (χ3n) is 3.37. The zero-order valence-electron chi connectivity index (χ0n) is 9.71. The molecule has 0 amide bonds. The third-order valence-corrected chi connectivity index (χ3v) is 3.37. The van der Waals surface area contributed by atoms with Gasteiger partial charge in [0.1, 0.15) is 0 Å². The van der Waals surface area contributed by atoms with Crippen molar-refractivity contribution in [1.29, 1.82) is 0 Å². The van der Waals surface area contributed by atoms with Gasteiger partial charge in [0.15, 0.2) is 0 Å². The van der Waals surface area contributed by atoms with Crippen LogP contribution in [-0.2, 0) is 6.42 Å². The summed E-state index contributed by atoms with van der Waals surface area (Å²) in [5, 5.41) is 0. The fraction of sp³-hybridized carbons (Fsp3) is 0.615. The monoisotopic (exact) mass is 204 g/mol. The lowest BCUT2D eigenvalue weighted by atomic mass is 10.0. The molecule has 2 heteroatoms. The van der Waals surface area contributed by atoms with E-state index in [0.717, 1.165) is 12.1 Å². The van der Waals surface area contributed by atoms with Crippen molar-refractivity contribution in [1.82, 2.24) is 4.98 Å². The van der Waals surface area contributed by atoms with Gasteiger partial charge in [-0.2, -0.15) is 0 Å². The topological polar surface area (TPSA) is 38.9 Å². The van der Waals surface area contributed by atoms with Crippen LogP contribution >= 0.6 is 0 Å². The van der Waals surface area contributed by atoms with Crippen molar-refractivity contribution in [3.05, 3.63) is 29.1 Å². The average Bonchev–Trinajstić information content (AvgIpc) is 2.88. The number of aryl methyl sites for hydroxylation is 3. The SMILES string of the molecule is Cc1cc(C)c(CCCC2(N)CC2)cn1. The van der Waals surface area contributed by atoms with E-state index in [4.69, 9.17) is 5.73 Å². The Labute approximate surface area is 91.9 Å². The molecule has 0 aromatic carbocycles. The molecule has 0 aliphatic heterocycles. The summed E-state index contributed by atoms with van der Waals surface area (Å²) in [6.45, 7) is 4.20. The summed E-state index contributed by atoms with van der Waals surface area (Å²) in [7, 11) is 0. The molecular weight excluding hydrogens is 184 g/mol. The van der Waals surface area contributed by atoms with Crippen LogP contribution in [0.1, 0.15) is 42.5 Å². The molecule has 1 saturated carbocycles. The first-order valence-electron chi connectivity index (χ1n) is 5.80. The molecule has 82 valence electrons. The fourth-order valence-corrected chi connectivity index (χ4v) is 2.03. The largest absolute Gasteiger partial charge is 0.325 e. The normalized spacial score (nSPS) is 17.8. The summed E-state index contributed by atoms with van der Waals surface area (Å²) in [5.74, 6) is 0. The molecular formula is C13H20N2. The van der Waals surface area contributed by atoms with Gasteiger partial charge in [0.25, 0.3) is 0 Å². The number of hydrogen-bond acceptors (Lipinski definition) is 2. The van der Waals surface area contributed by atoms with Gasteiger partial charge in [-0.25, -0.2) is 0 Å². The Morgan fingerprint density at radius 3 is 2.73 bits per heavy atom. The highest BCUT2D eigenvalue weighted by molar-refractivity contribution is 5.24. The third kappa shape index (κ3) is 2.78. The zero-order valence-corrected chi connectivity index (χ0v) is 9.71. The molecule has 1 aromatic rings. The molecule has 0 spiro atoms. The van der Waals surface area contributed by atoms with Crippen LogP contribution in [0, 0.1) is 13.8 Å². The van der Waals surface area contributed by atoms with Gasteiger partial charge in [-0.15, -0.1) is 0 Å². The van der Waals surface area contributed by atoms with E-state index in [1.54, 1.807) is 0 Å². The molecule has 2 N–H and O–H groups in total. The molecule has 2 rings (SSSR count). The van der Waals surface area contributed by atoms with Crippen molar-refractivity contribution < 1.29 is 0 Å². The van der Waals surface area contributed by atoms with Crippen LogP contribution in [0.15, 0.2) is 12.3 Å². The number of pyridine rings is 1. The van der Waals surface area contributed by atoms with Gasteiger partial charge in [-0.1, -0.05) is 0 Å². The minimum atomic E-state index is 0.200. The Morgan fingerprint density at radius 1 is 1.40 bits per heavy atom. The molecule has 0 unspecified atom stereocenters. The van der Waals surface area contributed by atoms with Gasteiger partial charge in [0.05, 0.1) is 0 Å². The fourth-order valence-electron chi connectivity index (χ4n) is 2.03. The van der Waals surface area contributed by atoms with Gasteiger partial charge in [-0.05, 0) is 63.1 Å². The quantitative estimate of drug-likeness (QED) is 0.818. The van der Waals surface area contributed by atoms with Crippen LogP contribution < -0.4 is 5.73 Å². The van der Waals surface area contributed by atoms with Crippen molar-refractivity contribution in [2.24, 2.45) is 5.73 Å². The first-order valence-corrected chi connectivity index (χ1v) is 5.80. The van der Waals surface area contributed by atoms with E-state index in [2.05, 4.69) is 18.0 Å². The maximum Gasteiger partial charge on any atom is 0.0375 e. The van der Waals surface area contributed by atoms with Crippen LogP contribution in [-0.4, -0.2) is 10.5 Å². The first-order chi connectivity index (χ1) is 7.09. The molecule has 0 atom stereocenters. The Balaban J connectivity index is 1.87. The molecule has 2 nitrogen and oxygen atoms in total. The van der Waals surface area contributed by atoms with Gasteiger partial charge >= 0.3 is 0 Å². The number of nitrogens with zero attached hydrogens (tertiary/aromatic N) is 1. The molecule has 1 heterocycles. The maximum atomic E-state index is 6.06. The van der Waals surface area contributed by atoms with Crippen LogP contribution in [0.2, 0.25) is 0 Å². The van der Waals surface area contributed by atoms with E-state index in [-0.39, 0.29) is 5.54 Å². The van der Waals surface area contributed by atoms with Crippen LogP contribution in [0.25, 0.3) is 0 Å². The maximum absolute atomic E-state index is 6.06. The predicted octanol–water partition coefficient (Wildman–Crippen LogP) is 2.51. The van der Waals surface area contributed by atoms with Crippen LogP contribution in [0.4, 0.5) is 0 Å². The highest BCUT2D eigenvalue weighted by Gasteiger charge is 2.36. The lowest BCUT2D eigenvalue weighted by molar-refractivity contribution is 0.575. The van der Waals surface area contributed by atoms with E-state index in [0.29, 0.717) is 0 Å². The summed E-state index contributed by atoms with van der Waals surface area (Å²) in [6, 6.07) is 2.16. The predicted molar refractivity (Wildman–Crippen MR) is 62.8 cm³/mol. The Bertz CT molecular complexity index is 354. The second-order valence-electron chi connectivity index (χ2n) is 4.97. The molecule has 1 fully saturated rings. The lowest BCUT2D eigenvalue weighted by Gasteiger charge is -2.09. The number of nitrogens with two attached hydrogens (primary N) is 1. The molecule has 0 saturated heterocycles. The first kappa shape index (κ1) is 10.6. The molecule has 0 bridgehead atoms. The minimum Gasteiger partial charge on any atom is -0.325 e. The lowest BCUT2D eigenvalue weighted by Crippen LogP contribution is -2.21. The molecule has 1 aliphatic carbocycles. The summed E-state index contributed by atoms with van der Waals surface area (Å²) in [6.07, 6.45) is 7.94. The number of rotatable bonds is 4. The Kier molecular flexibility index (Phi) is 2.79. The summed E-state index contributed by atoms with van der Waals surface area (Å²) in [5.41, 5.74) is 10.1. The minimum absolute atomic E-state index is 0.200. The van der Waals surface area contributed by atoms with Crippen LogP contribution in [0.3, 0.4) is 0 Å². The van der Waals surface area contributed by atoms with Gasteiger partial charge < -0.3 is 5.73 Å². The van der Waals surface area contributed by atoms with Crippen molar-refractivity contribution in [2.75, 3.05) is 0 Å². The van der Waals surface area contributed by atoms with E-state index >= 15 is 0 Å². The number of hydrogen-bond donors (Lipinski definition) is 1. The van der Waals surface area contributed by atoms with E-state index in [1.165, 1.54) is 36.8 Å². The molecule has 0 radical (unpaired) electrons. The van der Waals surface area contributed by atoms with E-state index < -0.39 is 0 Å².